The van der Waals surface area contributed by atoms with Crippen LogP contribution in [0.5, 0.6) is 11.5 Å². The molecule has 1 heterocycles. The molecule has 2 aromatic carbocycles. The number of amides is 1. The van der Waals surface area contributed by atoms with Gasteiger partial charge < -0.3 is 20.1 Å². The minimum absolute atomic E-state index is 0.0473. The van der Waals surface area contributed by atoms with E-state index in [0.717, 1.165) is 29.0 Å². The van der Waals surface area contributed by atoms with Crippen molar-refractivity contribution in [3.63, 3.8) is 0 Å². The molecule has 26 heavy (non-hydrogen) atoms. The van der Waals surface area contributed by atoms with Crippen LogP contribution in [0.15, 0.2) is 36.4 Å². The SMILES string of the molecule is CCOc1cc2c(cc1OCC)CN(C(=O)c1ccc(CN)cc1)CC2. The molecule has 2 N–H and O–H groups in total. The quantitative estimate of drug-likeness (QED) is 0.865. The molecule has 5 nitrogen and oxygen atoms in total. The molecule has 2 aromatic rings. The van der Waals surface area contributed by atoms with Gasteiger partial charge in [-0.3, -0.25) is 4.79 Å². The molecule has 0 spiro atoms. The van der Waals surface area contributed by atoms with Gasteiger partial charge in [0.25, 0.3) is 5.91 Å². The number of fused-ring (bicyclic) bond motifs is 1. The van der Waals surface area contributed by atoms with Crippen molar-refractivity contribution in [2.24, 2.45) is 5.73 Å². The number of carbonyl (C=O) groups is 1. The Bertz CT molecular complexity index is 772. The van der Waals surface area contributed by atoms with Crippen molar-refractivity contribution < 1.29 is 14.3 Å². The number of nitrogens with zero attached hydrogens (tertiary/aromatic N) is 1. The lowest BCUT2D eigenvalue weighted by atomic mass is 9.98. The fourth-order valence-electron chi connectivity index (χ4n) is 3.24. The Kier molecular flexibility index (Phi) is 5.78. The van der Waals surface area contributed by atoms with Gasteiger partial charge in [-0.05, 0) is 61.2 Å². The smallest absolute Gasteiger partial charge is 0.254 e. The number of benzene rings is 2. The summed E-state index contributed by atoms with van der Waals surface area (Å²) in [6.07, 6.45) is 0.814. The standard InChI is InChI=1S/C21H26N2O3/c1-3-25-19-11-17-9-10-23(14-18(17)12-20(19)26-4-2)21(24)16-7-5-15(13-22)6-8-16/h5-8,11-12H,3-4,9-10,13-14,22H2,1-2H3. The van der Waals surface area contributed by atoms with Crippen molar-refractivity contribution in [2.75, 3.05) is 19.8 Å². The van der Waals surface area contributed by atoms with Crippen molar-refractivity contribution in [1.82, 2.24) is 4.90 Å². The second-order valence-electron chi connectivity index (χ2n) is 6.31. The number of hydrogen-bond donors (Lipinski definition) is 1. The van der Waals surface area contributed by atoms with Crippen LogP contribution < -0.4 is 15.2 Å². The van der Waals surface area contributed by atoms with Crippen molar-refractivity contribution >= 4 is 5.91 Å². The molecule has 0 fully saturated rings. The maximum Gasteiger partial charge on any atom is 0.254 e. The molecule has 1 amide bonds. The van der Waals surface area contributed by atoms with Crippen LogP contribution >= 0.6 is 0 Å². The molecular weight excluding hydrogens is 328 g/mol. The first-order valence-electron chi connectivity index (χ1n) is 9.15. The largest absolute Gasteiger partial charge is 0.490 e. The summed E-state index contributed by atoms with van der Waals surface area (Å²) in [4.78, 5) is 14.7. The fourth-order valence-corrected chi connectivity index (χ4v) is 3.24. The Morgan fingerprint density at radius 3 is 2.23 bits per heavy atom. The van der Waals surface area contributed by atoms with Crippen molar-refractivity contribution in [3.05, 3.63) is 58.7 Å². The maximum atomic E-state index is 12.8. The van der Waals surface area contributed by atoms with Crippen LogP contribution in [0, 0.1) is 0 Å². The highest BCUT2D eigenvalue weighted by Gasteiger charge is 2.23. The van der Waals surface area contributed by atoms with E-state index < -0.39 is 0 Å². The van der Waals surface area contributed by atoms with Crippen LogP contribution in [-0.2, 0) is 19.5 Å². The van der Waals surface area contributed by atoms with Crippen LogP contribution in [0.2, 0.25) is 0 Å². The van der Waals surface area contributed by atoms with Crippen LogP contribution in [0.3, 0.4) is 0 Å². The minimum atomic E-state index is 0.0473. The Labute approximate surface area is 154 Å². The lowest BCUT2D eigenvalue weighted by Crippen LogP contribution is -2.36. The molecular formula is C21H26N2O3. The van der Waals surface area contributed by atoms with Gasteiger partial charge in [-0.2, -0.15) is 0 Å². The molecule has 0 radical (unpaired) electrons. The van der Waals surface area contributed by atoms with E-state index in [2.05, 4.69) is 6.07 Å². The maximum absolute atomic E-state index is 12.8. The predicted octanol–water partition coefficient (Wildman–Crippen LogP) is 3.14. The van der Waals surface area contributed by atoms with Gasteiger partial charge in [-0.1, -0.05) is 12.1 Å². The van der Waals surface area contributed by atoms with Crippen LogP contribution in [0.25, 0.3) is 0 Å². The molecule has 0 aliphatic carbocycles. The third-order valence-electron chi connectivity index (χ3n) is 4.60. The highest BCUT2D eigenvalue weighted by atomic mass is 16.5. The molecule has 0 aromatic heterocycles. The zero-order chi connectivity index (χ0) is 18.5. The van der Waals surface area contributed by atoms with E-state index in [-0.39, 0.29) is 5.91 Å². The Morgan fingerprint density at radius 1 is 1.04 bits per heavy atom. The van der Waals surface area contributed by atoms with E-state index >= 15 is 0 Å². The van der Waals surface area contributed by atoms with Gasteiger partial charge in [-0.15, -0.1) is 0 Å². The minimum Gasteiger partial charge on any atom is -0.490 e. The Morgan fingerprint density at radius 2 is 1.65 bits per heavy atom. The number of carbonyl (C=O) groups excluding carboxylic acids is 1. The first-order valence-corrected chi connectivity index (χ1v) is 9.15. The second kappa shape index (κ2) is 8.23. The lowest BCUT2D eigenvalue weighted by Gasteiger charge is -2.30. The summed E-state index contributed by atoms with van der Waals surface area (Å²) in [6, 6.07) is 11.6. The summed E-state index contributed by atoms with van der Waals surface area (Å²) in [5.74, 6) is 1.58. The van der Waals surface area contributed by atoms with Gasteiger partial charge >= 0.3 is 0 Å². The summed E-state index contributed by atoms with van der Waals surface area (Å²) < 4.78 is 11.4. The second-order valence-corrected chi connectivity index (χ2v) is 6.31. The zero-order valence-corrected chi connectivity index (χ0v) is 15.5. The highest BCUT2D eigenvalue weighted by Crippen LogP contribution is 2.34. The molecule has 1 aliphatic rings. The zero-order valence-electron chi connectivity index (χ0n) is 15.5. The Balaban J connectivity index is 1.81. The third-order valence-corrected chi connectivity index (χ3v) is 4.60. The molecule has 0 atom stereocenters. The molecule has 138 valence electrons. The number of rotatable bonds is 6. The first-order chi connectivity index (χ1) is 12.7. The summed E-state index contributed by atoms with van der Waals surface area (Å²) in [6.45, 7) is 6.86. The van der Waals surface area contributed by atoms with Crippen molar-refractivity contribution in [3.8, 4) is 11.5 Å². The molecule has 1 aliphatic heterocycles. The third kappa shape index (κ3) is 3.83. The summed E-state index contributed by atoms with van der Waals surface area (Å²) in [7, 11) is 0. The van der Waals surface area contributed by atoms with E-state index in [4.69, 9.17) is 15.2 Å². The molecule has 5 heteroatoms. The van der Waals surface area contributed by atoms with Gasteiger partial charge in [0.1, 0.15) is 0 Å². The van der Waals surface area contributed by atoms with Crippen molar-refractivity contribution in [1.29, 1.82) is 0 Å². The highest BCUT2D eigenvalue weighted by molar-refractivity contribution is 5.94. The first kappa shape index (κ1) is 18.3. The average Bonchev–Trinajstić information content (AvgIpc) is 2.68. The van der Waals surface area contributed by atoms with Gasteiger partial charge in [0.15, 0.2) is 11.5 Å². The van der Waals surface area contributed by atoms with E-state index in [9.17, 15) is 4.79 Å². The van der Waals surface area contributed by atoms with Crippen LogP contribution in [-0.4, -0.2) is 30.6 Å². The normalized spacial score (nSPS) is 13.3. The summed E-state index contributed by atoms with van der Waals surface area (Å²) in [5.41, 5.74) is 9.69. The van der Waals surface area contributed by atoms with E-state index in [1.807, 2.05) is 49.1 Å². The number of ether oxygens (including phenoxy) is 2. The van der Waals surface area contributed by atoms with Gasteiger partial charge in [0.05, 0.1) is 13.2 Å². The fraction of sp³-hybridized carbons (Fsp3) is 0.381. The predicted molar refractivity (Wildman–Crippen MR) is 102 cm³/mol. The van der Waals surface area contributed by atoms with E-state index in [1.165, 1.54) is 5.56 Å². The molecule has 0 unspecified atom stereocenters. The molecule has 0 saturated carbocycles. The Hall–Kier alpha value is -2.53. The number of nitrogens with two attached hydrogens (primary N) is 1. The van der Waals surface area contributed by atoms with Crippen molar-refractivity contribution in [2.45, 2.75) is 33.4 Å². The molecule has 0 saturated heterocycles. The summed E-state index contributed by atoms with van der Waals surface area (Å²) >= 11 is 0. The molecule has 0 bridgehead atoms. The summed E-state index contributed by atoms with van der Waals surface area (Å²) in [5, 5.41) is 0. The monoisotopic (exact) mass is 354 g/mol. The van der Waals surface area contributed by atoms with Gasteiger partial charge in [0, 0.05) is 25.2 Å². The van der Waals surface area contributed by atoms with Crippen LogP contribution in [0.4, 0.5) is 0 Å². The topological polar surface area (TPSA) is 64.8 Å². The van der Waals surface area contributed by atoms with Gasteiger partial charge in [-0.25, -0.2) is 0 Å². The van der Waals surface area contributed by atoms with Crippen LogP contribution in [0.1, 0.15) is 40.9 Å². The van der Waals surface area contributed by atoms with E-state index in [1.54, 1.807) is 0 Å². The lowest BCUT2D eigenvalue weighted by molar-refractivity contribution is 0.0734. The average molecular weight is 354 g/mol. The molecule has 3 rings (SSSR count). The van der Waals surface area contributed by atoms with E-state index in [0.29, 0.717) is 38.4 Å². The number of hydrogen-bond acceptors (Lipinski definition) is 4. The van der Waals surface area contributed by atoms with Gasteiger partial charge in [0.2, 0.25) is 0 Å².